The lowest BCUT2D eigenvalue weighted by atomic mass is 10.00. The van der Waals surface area contributed by atoms with Crippen molar-refractivity contribution >= 4 is 11.6 Å². The number of rotatable bonds is 5. The Labute approximate surface area is 128 Å². The van der Waals surface area contributed by atoms with Crippen molar-refractivity contribution in [2.24, 2.45) is 5.92 Å². The van der Waals surface area contributed by atoms with Gasteiger partial charge in [-0.05, 0) is 30.4 Å². The minimum atomic E-state index is 0.105. The maximum Gasteiger partial charge on any atom is 0.219 e. The van der Waals surface area contributed by atoms with Gasteiger partial charge in [0.15, 0.2) is 0 Å². The molecule has 0 spiro atoms. The molecule has 3 nitrogen and oxygen atoms in total. The molecule has 1 amide bonds. The molecule has 1 aliphatic carbocycles. The van der Waals surface area contributed by atoms with Gasteiger partial charge in [-0.15, -0.1) is 0 Å². The van der Waals surface area contributed by atoms with Gasteiger partial charge in [-0.2, -0.15) is 0 Å². The zero-order valence-electron chi connectivity index (χ0n) is 13.4. The standard InChI is InChI=1S/C18H28N2O/c1-15(21)20(2)14-17-11-7-8-12-18(17)19-13-16-9-5-3-4-6-10-16/h7-8,11-12,16,19H,3-6,9-10,13-14H2,1-2H3. The van der Waals surface area contributed by atoms with Gasteiger partial charge in [-0.25, -0.2) is 0 Å². The molecular weight excluding hydrogens is 260 g/mol. The molecule has 1 N–H and O–H groups in total. The minimum Gasteiger partial charge on any atom is -0.384 e. The van der Waals surface area contributed by atoms with Gasteiger partial charge in [0.2, 0.25) is 5.91 Å². The summed E-state index contributed by atoms with van der Waals surface area (Å²) in [4.78, 5) is 13.2. The minimum absolute atomic E-state index is 0.105. The van der Waals surface area contributed by atoms with Crippen LogP contribution in [0, 0.1) is 5.92 Å². The van der Waals surface area contributed by atoms with E-state index in [1.807, 2.05) is 13.1 Å². The van der Waals surface area contributed by atoms with Gasteiger partial charge in [-0.3, -0.25) is 4.79 Å². The van der Waals surface area contributed by atoms with Gasteiger partial charge in [-0.1, -0.05) is 43.9 Å². The van der Waals surface area contributed by atoms with E-state index >= 15 is 0 Å². The third-order valence-corrected chi connectivity index (χ3v) is 4.52. The smallest absolute Gasteiger partial charge is 0.219 e. The number of anilines is 1. The van der Waals surface area contributed by atoms with Gasteiger partial charge < -0.3 is 10.2 Å². The third kappa shape index (κ3) is 5.07. The molecule has 1 aromatic carbocycles. The first-order valence-corrected chi connectivity index (χ1v) is 8.20. The highest BCUT2D eigenvalue weighted by molar-refractivity contribution is 5.73. The Balaban J connectivity index is 1.94. The number of carbonyl (C=O) groups is 1. The van der Waals surface area contributed by atoms with Crippen molar-refractivity contribution in [3.8, 4) is 0 Å². The summed E-state index contributed by atoms with van der Waals surface area (Å²) >= 11 is 0. The van der Waals surface area contributed by atoms with Crippen LogP contribution in [0.5, 0.6) is 0 Å². The number of para-hydroxylation sites is 1. The summed E-state index contributed by atoms with van der Waals surface area (Å²) in [6.07, 6.45) is 8.25. The van der Waals surface area contributed by atoms with E-state index in [9.17, 15) is 4.79 Å². The van der Waals surface area contributed by atoms with Gasteiger partial charge in [0.05, 0.1) is 0 Å². The summed E-state index contributed by atoms with van der Waals surface area (Å²) in [6.45, 7) is 3.34. The van der Waals surface area contributed by atoms with E-state index in [1.54, 1.807) is 11.8 Å². The van der Waals surface area contributed by atoms with Crippen LogP contribution in [-0.2, 0) is 11.3 Å². The molecule has 3 heteroatoms. The van der Waals surface area contributed by atoms with Crippen molar-refractivity contribution in [2.75, 3.05) is 18.9 Å². The van der Waals surface area contributed by atoms with Crippen LogP contribution < -0.4 is 5.32 Å². The van der Waals surface area contributed by atoms with Crippen LogP contribution in [0.2, 0.25) is 0 Å². The first-order chi connectivity index (χ1) is 10.2. The molecule has 21 heavy (non-hydrogen) atoms. The number of nitrogens with zero attached hydrogens (tertiary/aromatic N) is 1. The molecule has 0 radical (unpaired) electrons. The highest BCUT2D eigenvalue weighted by atomic mass is 16.2. The van der Waals surface area contributed by atoms with E-state index in [-0.39, 0.29) is 5.91 Å². The van der Waals surface area contributed by atoms with E-state index in [2.05, 4.69) is 23.5 Å². The lowest BCUT2D eigenvalue weighted by Gasteiger charge is -2.20. The van der Waals surface area contributed by atoms with E-state index < -0.39 is 0 Å². The van der Waals surface area contributed by atoms with Crippen LogP contribution in [0.25, 0.3) is 0 Å². The van der Waals surface area contributed by atoms with Gasteiger partial charge in [0.1, 0.15) is 0 Å². The molecule has 1 fully saturated rings. The van der Waals surface area contributed by atoms with Crippen LogP contribution in [0.4, 0.5) is 5.69 Å². The molecule has 1 saturated carbocycles. The summed E-state index contributed by atoms with van der Waals surface area (Å²) in [5.74, 6) is 0.902. The van der Waals surface area contributed by atoms with Crippen molar-refractivity contribution in [1.82, 2.24) is 4.90 Å². The molecule has 0 bridgehead atoms. The fraction of sp³-hybridized carbons (Fsp3) is 0.611. The number of benzene rings is 1. The molecule has 0 aliphatic heterocycles. The quantitative estimate of drug-likeness (QED) is 0.829. The summed E-state index contributed by atoms with van der Waals surface area (Å²) in [5, 5.41) is 3.62. The Kier molecular flexibility index (Phi) is 6.09. The Morgan fingerprint density at radius 1 is 1.19 bits per heavy atom. The van der Waals surface area contributed by atoms with Gasteiger partial charge in [0, 0.05) is 32.7 Å². The molecule has 2 rings (SSSR count). The van der Waals surface area contributed by atoms with Crippen molar-refractivity contribution < 1.29 is 4.79 Å². The Morgan fingerprint density at radius 2 is 1.86 bits per heavy atom. The topological polar surface area (TPSA) is 32.3 Å². The zero-order valence-corrected chi connectivity index (χ0v) is 13.4. The predicted molar refractivity (Wildman–Crippen MR) is 88.3 cm³/mol. The summed E-state index contributed by atoms with van der Waals surface area (Å²) < 4.78 is 0. The molecule has 0 saturated heterocycles. The van der Waals surface area contributed by atoms with Crippen molar-refractivity contribution in [1.29, 1.82) is 0 Å². The van der Waals surface area contributed by atoms with Crippen molar-refractivity contribution in [3.05, 3.63) is 29.8 Å². The first kappa shape index (κ1) is 15.9. The molecule has 0 unspecified atom stereocenters. The fourth-order valence-electron chi connectivity index (χ4n) is 3.02. The van der Waals surface area contributed by atoms with E-state index in [4.69, 9.17) is 0 Å². The number of carbonyl (C=O) groups excluding carboxylic acids is 1. The normalized spacial score (nSPS) is 16.3. The fourth-order valence-corrected chi connectivity index (χ4v) is 3.02. The van der Waals surface area contributed by atoms with Crippen molar-refractivity contribution in [3.63, 3.8) is 0 Å². The molecule has 1 aliphatic rings. The molecule has 0 heterocycles. The monoisotopic (exact) mass is 288 g/mol. The maximum absolute atomic E-state index is 11.4. The van der Waals surface area contributed by atoms with Crippen LogP contribution in [0.3, 0.4) is 0 Å². The second-order valence-corrected chi connectivity index (χ2v) is 6.27. The Hall–Kier alpha value is -1.51. The average molecular weight is 288 g/mol. The largest absolute Gasteiger partial charge is 0.384 e. The summed E-state index contributed by atoms with van der Waals surface area (Å²) in [6, 6.07) is 8.34. The third-order valence-electron chi connectivity index (χ3n) is 4.52. The van der Waals surface area contributed by atoms with E-state index in [0.717, 1.165) is 12.5 Å². The number of hydrogen-bond acceptors (Lipinski definition) is 2. The van der Waals surface area contributed by atoms with Crippen LogP contribution in [0.1, 0.15) is 51.0 Å². The average Bonchev–Trinajstić information content (AvgIpc) is 2.75. The predicted octanol–water partition coefficient (Wildman–Crippen LogP) is 4.05. The summed E-state index contributed by atoms with van der Waals surface area (Å²) in [5.41, 5.74) is 2.37. The Bertz CT molecular complexity index is 450. The molecule has 0 atom stereocenters. The van der Waals surface area contributed by atoms with Gasteiger partial charge >= 0.3 is 0 Å². The lowest BCUT2D eigenvalue weighted by Crippen LogP contribution is -2.24. The highest BCUT2D eigenvalue weighted by Gasteiger charge is 2.13. The lowest BCUT2D eigenvalue weighted by molar-refractivity contribution is -0.128. The van der Waals surface area contributed by atoms with E-state index in [0.29, 0.717) is 6.54 Å². The van der Waals surface area contributed by atoms with Gasteiger partial charge in [0.25, 0.3) is 0 Å². The Morgan fingerprint density at radius 3 is 2.52 bits per heavy atom. The van der Waals surface area contributed by atoms with Crippen LogP contribution >= 0.6 is 0 Å². The zero-order chi connectivity index (χ0) is 15.1. The summed E-state index contributed by atoms with van der Waals surface area (Å²) in [7, 11) is 1.85. The highest BCUT2D eigenvalue weighted by Crippen LogP contribution is 2.24. The molecule has 1 aromatic rings. The molecule has 116 valence electrons. The second-order valence-electron chi connectivity index (χ2n) is 6.27. The van der Waals surface area contributed by atoms with Crippen molar-refractivity contribution in [2.45, 2.75) is 52.0 Å². The maximum atomic E-state index is 11.4. The van der Waals surface area contributed by atoms with Crippen LogP contribution in [-0.4, -0.2) is 24.4 Å². The first-order valence-electron chi connectivity index (χ1n) is 8.20. The van der Waals surface area contributed by atoms with Crippen LogP contribution in [0.15, 0.2) is 24.3 Å². The number of hydrogen-bond donors (Lipinski definition) is 1. The molecule has 0 aromatic heterocycles. The molecular formula is C18H28N2O. The second kappa shape index (κ2) is 8.06. The van der Waals surface area contributed by atoms with E-state index in [1.165, 1.54) is 49.8 Å². The number of nitrogens with one attached hydrogen (secondary N) is 1. The SMILES string of the molecule is CC(=O)N(C)Cc1ccccc1NCC1CCCCCC1. The number of amides is 1.